The molecular formula is C17H17N3O2. The van der Waals surface area contributed by atoms with Crippen LogP contribution in [-0.4, -0.2) is 22.6 Å². The highest BCUT2D eigenvalue weighted by molar-refractivity contribution is 5.89. The zero-order valence-electron chi connectivity index (χ0n) is 12.3. The molecule has 0 amide bonds. The van der Waals surface area contributed by atoms with Crippen molar-refractivity contribution in [2.24, 2.45) is 4.99 Å². The molecule has 112 valence electrons. The van der Waals surface area contributed by atoms with Gasteiger partial charge in [0.2, 0.25) is 6.40 Å². The molecule has 0 aliphatic rings. The average Bonchev–Trinajstić information content (AvgIpc) is 2.96. The van der Waals surface area contributed by atoms with Crippen LogP contribution in [0.4, 0.5) is 5.82 Å². The van der Waals surface area contributed by atoms with E-state index in [2.05, 4.69) is 26.7 Å². The number of pyridine rings is 1. The Morgan fingerprint density at radius 3 is 2.86 bits per heavy atom. The maximum atomic E-state index is 4.80. The van der Waals surface area contributed by atoms with E-state index in [0.29, 0.717) is 12.4 Å². The van der Waals surface area contributed by atoms with Crippen LogP contribution in [0.15, 0.2) is 59.9 Å². The average molecular weight is 295 g/mol. The molecule has 1 aromatic carbocycles. The van der Waals surface area contributed by atoms with E-state index in [1.54, 1.807) is 6.20 Å². The molecule has 0 saturated carbocycles. The molecule has 0 saturated heterocycles. The van der Waals surface area contributed by atoms with Gasteiger partial charge in [0.1, 0.15) is 0 Å². The molecule has 0 bridgehead atoms. The van der Waals surface area contributed by atoms with Gasteiger partial charge in [-0.3, -0.25) is 0 Å². The van der Waals surface area contributed by atoms with Gasteiger partial charge in [0.05, 0.1) is 12.1 Å². The third-order valence-electron chi connectivity index (χ3n) is 3.28. The lowest BCUT2D eigenvalue weighted by molar-refractivity contribution is -0.211. The van der Waals surface area contributed by atoms with Crippen molar-refractivity contribution in [1.82, 2.24) is 9.55 Å². The molecule has 0 unspecified atom stereocenters. The SMILES string of the molecule is CCOOC=Nc1nccc2c1ccn2Cc1ccccc1. The molecule has 0 spiro atoms. The highest BCUT2D eigenvalue weighted by atomic mass is 17.2. The van der Waals surface area contributed by atoms with Crippen molar-refractivity contribution in [2.75, 3.05) is 6.61 Å². The van der Waals surface area contributed by atoms with Crippen molar-refractivity contribution in [1.29, 1.82) is 0 Å². The second-order valence-electron chi connectivity index (χ2n) is 4.73. The third-order valence-corrected chi connectivity index (χ3v) is 3.28. The second kappa shape index (κ2) is 6.87. The van der Waals surface area contributed by atoms with Gasteiger partial charge in [-0.15, -0.1) is 0 Å². The van der Waals surface area contributed by atoms with E-state index in [-0.39, 0.29) is 0 Å². The van der Waals surface area contributed by atoms with Crippen molar-refractivity contribution < 1.29 is 9.78 Å². The molecule has 0 aliphatic heterocycles. The normalized spacial score (nSPS) is 11.3. The van der Waals surface area contributed by atoms with Gasteiger partial charge < -0.3 is 9.45 Å². The Labute approximate surface area is 128 Å². The maximum Gasteiger partial charge on any atom is 0.221 e. The molecule has 0 N–H and O–H groups in total. The lowest BCUT2D eigenvalue weighted by Crippen LogP contribution is -1.97. The third kappa shape index (κ3) is 3.15. The van der Waals surface area contributed by atoms with Crippen LogP contribution < -0.4 is 0 Å². The lowest BCUT2D eigenvalue weighted by atomic mass is 10.2. The Kier molecular flexibility index (Phi) is 4.46. The van der Waals surface area contributed by atoms with Crippen molar-refractivity contribution in [2.45, 2.75) is 13.5 Å². The number of hydrogen-bond acceptors (Lipinski definition) is 4. The van der Waals surface area contributed by atoms with Gasteiger partial charge in [-0.1, -0.05) is 30.3 Å². The zero-order valence-corrected chi connectivity index (χ0v) is 12.3. The standard InChI is InChI=1S/C17H17N3O2/c1-2-21-22-13-19-17-15-9-11-20(16(15)8-10-18-17)12-14-6-4-3-5-7-14/h3-11,13H,2,12H2,1H3. The summed E-state index contributed by atoms with van der Waals surface area (Å²) in [6, 6.07) is 14.3. The monoisotopic (exact) mass is 295 g/mol. The molecule has 5 heteroatoms. The predicted octanol–water partition coefficient (Wildman–Crippen LogP) is 3.71. The summed E-state index contributed by atoms with van der Waals surface area (Å²) < 4.78 is 2.18. The summed E-state index contributed by atoms with van der Waals surface area (Å²) in [5.41, 5.74) is 2.34. The number of rotatable bonds is 6. The summed E-state index contributed by atoms with van der Waals surface area (Å²) in [6.07, 6.45) is 5.05. The Balaban J connectivity index is 1.87. The van der Waals surface area contributed by atoms with E-state index in [1.807, 2.05) is 43.5 Å². The first kappa shape index (κ1) is 14.3. The molecule has 0 radical (unpaired) electrons. The topological polar surface area (TPSA) is 48.6 Å². The van der Waals surface area contributed by atoms with Gasteiger partial charge >= 0.3 is 0 Å². The van der Waals surface area contributed by atoms with Crippen LogP contribution in [0.2, 0.25) is 0 Å². The molecule has 0 atom stereocenters. The van der Waals surface area contributed by atoms with E-state index in [1.165, 1.54) is 12.0 Å². The fraction of sp³-hybridized carbons (Fsp3) is 0.176. The molecule has 2 heterocycles. The molecule has 3 rings (SSSR count). The molecule has 0 aliphatic carbocycles. The summed E-state index contributed by atoms with van der Waals surface area (Å²) in [5.74, 6) is 0.615. The minimum absolute atomic E-state index is 0.469. The number of aliphatic imine (C=N–C) groups is 1. The van der Waals surface area contributed by atoms with Crippen LogP contribution in [-0.2, 0) is 16.3 Å². The lowest BCUT2D eigenvalue weighted by Gasteiger charge is -2.05. The molecule has 22 heavy (non-hydrogen) atoms. The second-order valence-corrected chi connectivity index (χ2v) is 4.73. The van der Waals surface area contributed by atoms with Crippen molar-refractivity contribution in [3.05, 3.63) is 60.4 Å². The summed E-state index contributed by atoms with van der Waals surface area (Å²) in [7, 11) is 0. The van der Waals surface area contributed by atoms with Crippen molar-refractivity contribution in [3.63, 3.8) is 0 Å². The van der Waals surface area contributed by atoms with E-state index in [4.69, 9.17) is 9.78 Å². The zero-order chi connectivity index (χ0) is 15.2. The van der Waals surface area contributed by atoms with Gasteiger partial charge in [0.25, 0.3) is 0 Å². The Hall–Kier alpha value is -2.66. The molecule has 2 aromatic heterocycles. The minimum Gasteiger partial charge on any atom is -0.343 e. The van der Waals surface area contributed by atoms with Crippen LogP contribution in [0.3, 0.4) is 0 Å². The fourth-order valence-corrected chi connectivity index (χ4v) is 2.30. The van der Waals surface area contributed by atoms with Crippen LogP contribution in [0, 0.1) is 0 Å². The predicted molar refractivity (Wildman–Crippen MR) is 86.1 cm³/mol. The minimum atomic E-state index is 0.469. The summed E-state index contributed by atoms with van der Waals surface area (Å²) >= 11 is 0. The number of nitrogens with zero attached hydrogens (tertiary/aromatic N) is 3. The first-order valence-electron chi connectivity index (χ1n) is 7.17. The first-order chi connectivity index (χ1) is 10.9. The summed E-state index contributed by atoms with van der Waals surface area (Å²) in [4.78, 5) is 18.0. The van der Waals surface area contributed by atoms with Gasteiger partial charge in [-0.05, 0) is 24.6 Å². The number of aromatic nitrogens is 2. The number of hydrogen-bond donors (Lipinski definition) is 0. The van der Waals surface area contributed by atoms with Gasteiger partial charge in [-0.2, -0.15) is 9.88 Å². The van der Waals surface area contributed by atoms with E-state index < -0.39 is 0 Å². The van der Waals surface area contributed by atoms with Gasteiger partial charge in [0, 0.05) is 24.3 Å². The molecule has 3 aromatic rings. The smallest absolute Gasteiger partial charge is 0.221 e. The molecule has 5 nitrogen and oxygen atoms in total. The Morgan fingerprint density at radius 2 is 2.05 bits per heavy atom. The van der Waals surface area contributed by atoms with Crippen LogP contribution in [0.25, 0.3) is 10.9 Å². The Morgan fingerprint density at radius 1 is 1.18 bits per heavy atom. The van der Waals surface area contributed by atoms with Gasteiger partial charge in [0.15, 0.2) is 5.82 Å². The first-order valence-corrected chi connectivity index (χ1v) is 7.17. The fourth-order valence-electron chi connectivity index (χ4n) is 2.30. The molecular weight excluding hydrogens is 278 g/mol. The van der Waals surface area contributed by atoms with E-state index in [0.717, 1.165) is 17.4 Å². The van der Waals surface area contributed by atoms with Crippen molar-refractivity contribution in [3.8, 4) is 0 Å². The summed E-state index contributed by atoms with van der Waals surface area (Å²) in [5, 5.41) is 0.981. The maximum absolute atomic E-state index is 4.80. The van der Waals surface area contributed by atoms with Crippen molar-refractivity contribution >= 4 is 23.1 Å². The van der Waals surface area contributed by atoms with Gasteiger partial charge in [-0.25, -0.2) is 4.98 Å². The molecule has 0 fully saturated rings. The van der Waals surface area contributed by atoms with E-state index in [9.17, 15) is 0 Å². The quantitative estimate of drug-likeness (QED) is 0.229. The highest BCUT2D eigenvalue weighted by Gasteiger charge is 2.06. The largest absolute Gasteiger partial charge is 0.343 e. The van der Waals surface area contributed by atoms with Crippen LogP contribution >= 0.6 is 0 Å². The number of benzene rings is 1. The highest BCUT2D eigenvalue weighted by Crippen LogP contribution is 2.24. The van der Waals surface area contributed by atoms with Crippen LogP contribution in [0.1, 0.15) is 12.5 Å². The summed E-state index contributed by atoms with van der Waals surface area (Å²) in [6.45, 7) is 3.13. The van der Waals surface area contributed by atoms with E-state index >= 15 is 0 Å². The Bertz CT molecular complexity index is 766. The number of fused-ring (bicyclic) bond motifs is 1. The van der Waals surface area contributed by atoms with Crippen LogP contribution in [0.5, 0.6) is 0 Å².